The van der Waals surface area contributed by atoms with Crippen molar-refractivity contribution in [3.63, 3.8) is 0 Å². The van der Waals surface area contributed by atoms with E-state index in [4.69, 9.17) is 21.2 Å². The molecule has 8 heteroatoms. The predicted molar refractivity (Wildman–Crippen MR) is 68.0 cm³/mol. The number of carbonyl (C=O) groups excluding carboxylic acids is 1. The molecule has 0 spiro atoms. The van der Waals surface area contributed by atoms with Crippen LogP contribution in [0, 0.1) is 5.82 Å². The lowest BCUT2D eigenvalue weighted by atomic mass is 10.2. The number of carbonyl (C=O) groups is 1. The van der Waals surface area contributed by atoms with Crippen LogP contribution < -0.4 is 10.5 Å². The summed E-state index contributed by atoms with van der Waals surface area (Å²) in [7, 11) is 1.10. The molecular weight excluding hydrogens is 297 g/mol. The van der Waals surface area contributed by atoms with Crippen molar-refractivity contribution in [1.82, 2.24) is 0 Å². The molecule has 0 aliphatic rings. The first-order valence-electron chi connectivity index (χ1n) is 5.46. The zero-order valence-electron chi connectivity index (χ0n) is 9.93. The minimum absolute atomic E-state index is 0.0181. The van der Waals surface area contributed by atoms with Crippen LogP contribution in [0.2, 0.25) is 0 Å². The molecule has 1 rings (SSSR count). The lowest BCUT2D eigenvalue weighted by molar-refractivity contribution is -0.118. The molecule has 0 radical (unpaired) electrons. The van der Waals surface area contributed by atoms with Crippen LogP contribution in [0.25, 0.3) is 0 Å². The van der Waals surface area contributed by atoms with Crippen LogP contribution in [0.5, 0.6) is 5.75 Å². The van der Waals surface area contributed by atoms with E-state index in [1.54, 1.807) is 0 Å². The number of amides is 1. The van der Waals surface area contributed by atoms with Crippen LogP contribution in [-0.4, -0.2) is 20.9 Å². The van der Waals surface area contributed by atoms with Gasteiger partial charge < -0.3 is 10.5 Å². The van der Waals surface area contributed by atoms with Crippen molar-refractivity contribution >= 4 is 25.6 Å². The molecule has 1 aromatic carbocycles. The van der Waals surface area contributed by atoms with Gasteiger partial charge in [0.15, 0.2) is 0 Å². The molecule has 0 saturated carbocycles. The highest BCUT2D eigenvalue weighted by Gasteiger charge is 2.17. The highest BCUT2D eigenvalue weighted by Crippen LogP contribution is 2.27. The fourth-order valence-electron chi connectivity index (χ4n) is 1.38. The molecule has 2 N–H and O–H groups in total. The monoisotopic (exact) mass is 309 g/mol. The molecule has 0 heterocycles. The molecule has 0 unspecified atom stereocenters. The summed E-state index contributed by atoms with van der Waals surface area (Å²) < 4.78 is 40.7. The highest BCUT2D eigenvalue weighted by atomic mass is 35.7. The number of rotatable bonds is 7. The molecular formula is C11H13ClFNO4S. The summed E-state index contributed by atoms with van der Waals surface area (Å²) in [6, 6.07) is 3.06. The smallest absolute Gasteiger partial charge is 0.265 e. The molecule has 0 atom stereocenters. The topological polar surface area (TPSA) is 86.5 Å². The molecule has 0 fully saturated rings. The maximum absolute atomic E-state index is 13.0. The molecule has 1 aromatic rings. The van der Waals surface area contributed by atoms with E-state index >= 15 is 0 Å². The number of hydrogen-bond donors (Lipinski definition) is 1. The normalized spacial score (nSPS) is 11.3. The van der Waals surface area contributed by atoms with Gasteiger partial charge in [0.25, 0.3) is 9.05 Å². The van der Waals surface area contributed by atoms with Gasteiger partial charge in [-0.25, -0.2) is 12.8 Å². The summed E-state index contributed by atoms with van der Waals surface area (Å²) in [6.07, 6.45) is 1.27. The first-order chi connectivity index (χ1) is 8.80. The van der Waals surface area contributed by atoms with Crippen molar-refractivity contribution in [3.05, 3.63) is 24.0 Å². The Morgan fingerprint density at radius 1 is 1.37 bits per heavy atom. The van der Waals surface area contributed by atoms with Crippen molar-refractivity contribution in [2.75, 3.05) is 6.61 Å². The minimum atomic E-state index is -4.08. The van der Waals surface area contributed by atoms with E-state index in [0.29, 0.717) is 12.8 Å². The van der Waals surface area contributed by atoms with E-state index in [2.05, 4.69) is 0 Å². The first kappa shape index (κ1) is 15.7. The summed E-state index contributed by atoms with van der Waals surface area (Å²) in [5.74, 6) is -1.15. The third-order valence-electron chi connectivity index (χ3n) is 2.24. The van der Waals surface area contributed by atoms with Crippen LogP contribution in [0.15, 0.2) is 23.1 Å². The fourth-order valence-corrected chi connectivity index (χ4v) is 2.36. The maximum atomic E-state index is 13.0. The second-order valence-corrected chi connectivity index (χ2v) is 6.34. The number of unbranched alkanes of at least 4 members (excludes halogenated alkanes) is 1. The third kappa shape index (κ3) is 5.44. The van der Waals surface area contributed by atoms with Crippen LogP contribution in [-0.2, 0) is 13.8 Å². The van der Waals surface area contributed by atoms with Gasteiger partial charge in [0.2, 0.25) is 5.91 Å². The van der Waals surface area contributed by atoms with Gasteiger partial charge in [-0.15, -0.1) is 0 Å². The summed E-state index contributed by atoms with van der Waals surface area (Å²) >= 11 is 0. The van der Waals surface area contributed by atoms with E-state index in [1.165, 1.54) is 6.07 Å². The van der Waals surface area contributed by atoms with E-state index in [1.807, 2.05) is 0 Å². The van der Waals surface area contributed by atoms with Gasteiger partial charge in [-0.2, -0.15) is 0 Å². The lowest BCUT2D eigenvalue weighted by Crippen LogP contribution is -2.10. The second kappa shape index (κ2) is 6.72. The van der Waals surface area contributed by atoms with Crippen molar-refractivity contribution in [1.29, 1.82) is 0 Å². The Balaban J connectivity index is 2.66. The Hall–Kier alpha value is -1.34. The van der Waals surface area contributed by atoms with Crippen LogP contribution in [0.4, 0.5) is 4.39 Å². The summed E-state index contributed by atoms with van der Waals surface area (Å²) in [5.41, 5.74) is 4.97. The van der Waals surface area contributed by atoms with E-state index in [0.717, 1.165) is 12.1 Å². The van der Waals surface area contributed by atoms with Crippen molar-refractivity contribution in [2.45, 2.75) is 24.2 Å². The number of benzene rings is 1. The standard InChI is InChI=1S/C11H13ClFNO4S/c12-19(16,17)10-7-8(13)4-5-9(10)18-6-2-1-3-11(14)15/h4-5,7H,1-3,6H2,(H2,14,15). The molecule has 0 aliphatic heterocycles. The van der Waals surface area contributed by atoms with Gasteiger partial charge in [0, 0.05) is 17.1 Å². The molecule has 106 valence electrons. The van der Waals surface area contributed by atoms with Crippen LogP contribution in [0.1, 0.15) is 19.3 Å². The van der Waals surface area contributed by atoms with Crippen LogP contribution >= 0.6 is 10.7 Å². The zero-order valence-corrected chi connectivity index (χ0v) is 11.5. The van der Waals surface area contributed by atoms with Crippen molar-refractivity contribution in [2.24, 2.45) is 5.73 Å². The quantitative estimate of drug-likeness (QED) is 0.614. The molecule has 1 amide bonds. The van der Waals surface area contributed by atoms with Gasteiger partial charge in [-0.1, -0.05) is 0 Å². The minimum Gasteiger partial charge on any atom is -0.492 e. The number of ether oxygens (including phenoxy) is 1. The fraction of sp³-hybridized carbons (Fsp3) is 0.364. The van der Waals surface area contributed by atoms with Gasteiger partial charge in [0.1, 0.15) is 16.5 Å². The lowest BCUT2D eigenvalue weighted by Gasteiger charge is -2.09. The van der Waals surface area contributed by atoms with Gasteiger partial charge in [-0.05, 0) is 31.0 Å². The largest absolute Gasteiger partial charge is 0.492 e. The van der Waals surface area contributed by atoms with Gasteiger partial charge in [0.05, 0.1) is 6.61 Å². The zero-order chi connectivity index (χ0) is 14.5. The SMILES string of the molecule is NC(=O)CCCCOc1ccc(F)cc1S(=O)(=O)Cl. The molecule has 0 saturated heterocycles. The molecule has 0 bridgehead atoms. The Bertz CT molecular complexity index is 562. The molecule has 0 aromatic heterocycles. The number of hydrogen-bond acceptors (Lipinski definition) is 4. The molecule has 0 aliphatic carbocycles. The van der Waals surface area contributed by atoms with Crippen molar-refractivity contribution < 1.29 is 22.3 Å². The van der Waals surface area contributed by atoms with Gasteiger partial charge in [-0.3, -0.25) is 4.79 Å². The maximum Gasteiger partial charge on any atom is 0.265 e. The van der Waals surface area contributed by atoms with Crippen LogP contribution in [0.3, 0.4) is 0 Å². The highest BCUT2D eigenvalue weighted by molar-refractivity contribution is 8.13. The Labute approximate surface area is 114 Å². The third-order valence-corrected chi connectivity index (χ3v) is 3.59. The second-order valence-electron chi connectivity index (χ2n) is 3.80. The Morgan fingerprint density at radius 2 is 2.05 bits per heavy atom. The number of nitrogens with two attached hydrogens (primary N) is 1. The molecule has 19 heavy (non-hydrogen) atoms. The molecule has 5 nitrogen and oxygen atoms in total. The average Bonchev–Trinajstić information content (AvgIpc) is 2.28. The summed E-state index contributed by atoms with van der Waals surface area (Å²) in [5, 5.41) is 0. The van der Waals surface area contributed by atoms with E-state index in [9.17, 15) is 17.6 Å². The van der Waals surface area contributed by atoms with Crippen molar-refractivity contribution in [3.8, 4) is 5.75 Å². The van der Waals surface area contributed by atoms with E-state index < -0.39 is 25.7 Å². The predicted octanol–water partition coefficient (Wildman–Crippen LogP) is 1.79. The Kier molecular flexibility index (Phi) is 5.56. The average molecular weight is 310 g/mol. The number of primary amides is 1. The summed E-state index contributed by atoms with van der Waals surface area (Å²) in [4.78, 5) is 10.1. The Morgan fingerprint density at radius 3 is 2.63 bits per heavy atom. The summed E-state index contributed by atoms with van der Waals surface area (Å²) in [6.45, 7) is 0.179. The van der Waals surface area contributed by atoms with Gasteiger partial charge >= 0.3 is 0 Å². The number of halogens is 2. The first-order valence-corrected chi connectivity index (χ1v) is 7.77. The van der Waals surface area contributed by atoms with E-state index in [-0.39, 0.29) is 18.8 Å².